The van der Waals surface area contributed by atoms with Gasteiger partial charge >= 0.3 is 11.9 Å². The molecule has 0 aliphatic heterocycles. The van der Waals surface area contributed by atoms with Crippen molar-refractivity contribution >= 4 is 11.9 Å². The van der Waals surface area contributed by atoms with E-state index >= 15 is 0 Å². The highest BCUT2D eigenvalue weighted by Crippen LogP contribution is 2.33. The first-order chi connectivity index (χ1) is 17.8. The van der Waals surface area contributed by atoms with Crippen LogP contribution in [-0.4, -0.2) is 49.8 Å². The van der Waals surface area contributed by atoms with Gasteiger partial charge in [0.2, 0.25) is 6.29 Å². The van der Waals surface area contributed by atoms with E-state index in [1.165, 1.54) is 12.1 Å². The van der Waals surface area contributed by atoms with Crippen molar-refractivity contribution in [1.29, 1.82) is 0 Å². The largest absolute Gasteiger partial charge is 0.490 e. The Morgan fingerprint density at radius 2 is 1.34 bits per heavy atom. The van der Waals surface area contributed by atoms with Crippen molar-refractivity contribution in [3.63, 3.8) is 0 Å². The van der Waals surface area contributed by atoms with Crippen molar-refractivity contribution in [2.75, 3.05) is 26.4 Å². The van der Waals surface area contributed by atoms with Gasteiger partial charge in [-0.3, -0.25) is 0 Å². The highest BCUT2D eigenvalue weighted by atomic mass is 19.1. The van der Waals surface area contributed by atoms with Crippen LogP contribution < -0.4 is 14.2 Å². The number of ether oxygens (including phenoxy) is 5. The Bertz CT molecular complexity index is 1110. The number of benzene rings is 2. The van der Waals surface area contributed by atoms with Crippen molar-refractivity contribution in [3.8, 4) is 28.4 Å². The number of aliphatic hydroxyl groups excluding tert-OH is 1. The Morgan fingerprint density at radius 3 is 1.76 bits per heavy atom. The molecule has 0 bridgehead atoms. The standard InChI is InChI=1S/C29H35FO8/c1-18(2)26(31)36-12-10-34-22-14-21(15-23(17-22)35-11-13-37-27(32)19(3)4)20-8-9-25(24(30)16-20)38-28(33)29(5,6)7/h8-9,14-17,28,33H,1,3,10-13H2,2,4-7H3. The molecule has 2 aromatic carbocycles. The molecule has 0 aliphatic carbocycles. The molecule has 0 fully saturated rings. The number of rotatable bonds is 13. The fourth-order valence-corrected chi connectivity index (χ4v) is 2.81. The monoisotopic (exact) mass is 530 g/mol. The SMILES string of the molecule is C=C(C)C(=O)OCCOc1cc(OCCOC(=O)C(=C)C)cc(-c2ccc(OC(O)C(C)(C)C)c(F)c2)c1. The number of aliphatic hydroxyl groups is 1. The zero-order chi connectivity index (χ0) is 28.5. The average molecular weight is 531 g/mol. The minimum atomic E-state index is -1.20. The van der Waals surface area contributed by atoms with Crippen LogP contribution in [0.3, 0.4) is 0 Å². The molecule has 8 nitrogen and oxygen atoms in total. The second-order valence-electron chi connectivity index (χ2n) is 9.70. The summed E-state index contributed by atoms with van der Waals surface area (Å²) < 4.78 is 41.8. The second-order valence-corrected chi connectivity index (χ2v) is 9.70. The fraction of sp³-hybridized carbons (Fsp3) is 0.379. The molecular formula is C29H35FO8. The molecule has 0 saturated carbocycles. The van der Waals surface area contributed by atoms with E-state index in [4.69, 9.17) is 23.7 Å². The van der Waals surface area contributed by atoms with E-state index in [1.807, 2.05) is 0 Å². The Balaban J connectivity index is 2.22. The molecule has 0 aliphatic rings. The molecule has 0 aromatic heterocycles. The molecule has 206 valence electrons. The van der Waals surface area contributed by atoms with Crippen LogP contribution >= 0.6 is 0 Å². The molecular weight excluding hydrogens is 495 g/mol. The van der Waals surface area contributed by atoms with E-state index in [0.717, 1.165) is 0 Å². The summed E-state index contributed by atoms with van der Waals surface area (Å²) in [4.78, 5) is 23.1. The maximum Gasteiger partial charge on any atom is 0.333 e. The van der Waals surface area contributed by atoms with Gasteiger partial charge in [-0.15, -0.1) is 0 Å². The molecule has 1 unspecified atom stereocenters. The molecule has 0 radical (unpaired) electrons. The van der Waals surface area contributed by atoms with E-state index in [1.54, 1.807) is 58.9 Å². The second kappa shape index (κ2) is 13.6. The predicted octanol–water partition coefficient (Wildman–Crippen LogP) is 5.23. The third-order valence-electron chi connectivity index (χ3n) is 4.99. The van der Waals surface area contributed by atoms with Gasteiger partial charge in [-0.2, -0.15) is 0 Å². The summed E-state index contributed by atoms with van der Waals surface area (Å²) in [5, 5.41) is 10.2. The summed E-state index contributed by atoms with van der Waals surface area (Å²) in [6.45, 7) is 15.6. The first-order valence-corrected chi connectivity index (χ1v) is 12.0. The summed E-state index contributed by atoms with van der Waals surface area (Å²) in [5.74, 6) is -1.02. The van der Waals surface area contributed by atoms with Gasteiger partial charge in [0.25, 0.3) is 0 Å². The summed E-state index contributed by atoms with van der Waals surface area (Å²) in [7, 11) is 0. The highest BCUT2D eigenvalue weighted by Gasteiger charge is 2.25. The molecule has 0 saturated heterocycles. The minimum Gasteiger partial charge on any atom is -0.490 e. The third-order valence-corrected chi connectivity index (χ3v) is 4.99. The molecule has 2 rings (SSSR count). The first kappa shape index (κ1) is 30.4. The number of hydrogen-bond acceptors (Lipinski definition) is 8. The normalized spacial score (nSPS) is 11.8. The average Bonchev–Trinajstić information content (AvgIpc) is 2.84. The Kier molecular flexibility index (Phi) is 10.9. The van der Waals surface area contributed by atoms with Crippen molar-refractivity contribution < 1.29 is 42.8 Å². The summed E-state index contributed by atoms with van der Waals surface area (Å²) in [5.41, 5.74) is 1.02. The molecule has 38 heavy (non-hydrogen) atoms. The lowest BCUT2D eigenvalue weighted by atomic mass is 9.96. The summed E-state index contributed by atoms with van der Waals surface area (Å²) >= 11 is 0. The van der Waals surface area contributed by atoms with Gasteiger partial charge < -0.3 is 28.8 Å². The zero-order valence-corrected chi connectivity index (χ0v) is 22.5. The van der Waals surface area contributed by atoms with E-state index in [-0.39, 0.29) is 43.3 Å². The smallest absolute Gasteiger partial charge is 0.333 e. The molecule has 1 atom stereocenters. The van der Waals surface area contributed by atoms with Crippen LogP contribution in [0.5, 0.6) is 17.2 Å². The van der Waals surface area contributed by atoms with Gasteiger partial charge in [0.1, 0.15) is 37.9 Å². The van der Waals surface area contributed by atoms with Crippen LogP contribution in [0.1, 0.15) is 34.6 Å². The lowest BCUT2D eigenvalue weighted by molar-refractivity contribution is -0.140. The number of hydrogen-bond donors (Lipinski definition) is 1. The molecule has 0 spiro atoms. The van der Waals surface area contributed by atoms with Gasteiger partial charge in [-0.05, 0) is 49.2 Å². The van der Waals surface area contributed by atoms with Crippen molar-refractivity contribution in [1.82, 2.24) is 0 Å². The summed E-state index contributed by atoms with van der Waals surface area (Å²) in [6, 6.07) is 9.30. The van der Waals surface area contributed by atoms with Crippen LogP contribution in [0, 0.1) is 11.2 Å². The predicted molar refractivity (Wildman–Crippen MR) is 140 cm³/mol. The van der Waals surface area contributed by atoms with Gasteiger partial charge in [-0.25, -0.2) is 14.0 Å². The van der Waals surface area contributed by atoms with Crippen molar-refractivity contribution in [2.45, 2.75) is 40.9 Å². The van der Waals surface area contributed by atoms with E-state index < -0.39 is 29.5 Å². The molecule has 0 heterocycles. The molecule has 1 N–H and O–H groups in total. The number of esters is 2. The van der Waals surface area contributed by atoms with Crippen LogP contribution in [0.4, 0.5) is 4.39 Å². The quantitative estimate of drug-likeness (QED) is 0.163. The van der Waals surface area contributed by atoms with E-state index in [2.05, 4.69) is 13.2 Å². The third kappa shape index (κ3) is 9.55. The van der Waals surface area contributed by atoms with Crippen LogP contribution in [-0.2, 0) is 19.1 Å². The van der Waals surface area contributed by atoms with Crippen molar-refractivity contribution in [3.05, 3.63) is 66.5 Å². The topological polar surface area (TPSA) is 101 Å². The van der Waals surface area contributed by atoms with Crippen LogP contribution in [0.25, 0.3) is 11.1 Å². The van der Waals surface area contributed by atoms with Gasteiger partial charge in [0.15, 0.2) is 11.6 Å². The van der Waals surface area contributed by atoms with Gasteiger partial charge in [-0.1, -0.05) is 40.0 Å². The maximum absolute atomic E-state index is 14.9. The van der Waals surface area contributed by atoms with Crippen LogP contribution in [0.2, 0.25) is 0 Å². The van der Waals surface area contributed by atoms with Crippen LogP contribution in [0.15, 0.2) is 60.7 Å². The number of carbonyl (C=O) groups is 2. The zero-order valence-electron chi connectivity index (χ0n) is 22.5. The highest BCUT2D eigenvalue weighted by molar-refractivity contribution is 5.87. The maximum atomic E-state index is 14.9. The Hall–Kier alpha value is -3.85. The van der Waals surface area contributed by atoms with Gasteiger partial charge in [0.05, 0.1) is 0 Å². The lowest BCUT2D eigenvalue weighted by Crippen LogP contribution is -2.31. The molecule has 0 amide bonds. The van der Waals surface area contributed by atoms with E-state index in [0.29, 0.717) is 22.6 Å². The van der Waals surface area contributed by atoms with E-state index in [9.17, 15) is 19.1 Å². The molecule has 9 heteroatoms. The Labute approximate surface area is 222 Å². The number of carbonyl (C=O) groups excluding carboxylic acids is 2. The first-order valence-electron chi connectivity index (χ1n) is 12.0. The molecule has 2 aromatic rings. The van der Waals surface area contributed by atoms with Crippen molar-refractivity contribution in [2.24, 2.45) is 5.41 Å². The lowest BCUT2D eigenvalue weighted by Gasteiger charge is -2.26. The fourth-order valence-electron chi connectivity index (χ4n) is 2.81. The minimum absolute atomic E-state index is 0.000263. The number of halogens is 1. The van der Waals surface area contributed by atoms with Gasteiger partial charge in [0, 0.05) is 22.6 Å². The Morgan fingerprint density at radius 1 is 0.842 bits per heavy atom. The summed E-state index contributed by atoms with van der Waals surface area (Å²) in [6.07, 6.45) is -1.20.